The summed E-state index contributed by atoms with van der Waals surface area (Å²) in [5.74, 6) is -1.71. The van der Waals surface area contributed by atoms with Gasteiger partial charge >= 0.3 is 0 Å². The van der Waals surface area contributed by atoms with Gasteiger partial charge in [0.25, 0.3) is 0 Å². The Kier molecular flexibility index (Phi) is 4.71. The summed E-state index contributed by atoms with van der Waals surface area (Å²) in [4.78, 5) is 16.4. The molecule has 0 fully saturated rings. The maximum Gasteiger partial charge on any atom is 0.234 e. The molecule has 0 aromatic heterocycles. The molecule has 1 N–H and O–H groups in total. The number of amides is 1. The van der Waals surface area contributed by atoms with E-state index in [1.807, 2.05) is 18.2 Å². The van der Waals surface area contributed by atoms with Crippen LogP contribution in [0, 0.1) is 11.6 Å². The fourth-order valence-corrected chi connectivity index (χ4v) is 3.22. The second-order valence-electron chi connectivity index (χ2n) is 5.06. The van der Waals surface area contributed by atoms with E-state index in [1.165, 1.54) is 23.4 Å². The molecule has 23 heavy (non-hydrogen) atoms. The minimum absolute atomic E-state index is 0.0250. The molecule has 0 atom stereocenters. The third kappa shape index (κ3) is 3.76. The number of hydrogen-bond acceptors (Lipinski definition) is 3. The maximum atomic E-state index is 13.5. The number of halogens is 2. The zero-order chi connectivity index (χ0) is 16.2. The molecule has 1 heterocycles. The van der Waals surface area contributed by atoms with Crippen molar-refractivity contribution >= 4 is 28.4 Å². The standard InChI is InChI=1S/C17H14F2N2OS/c18-12-5-6-15(14(19)9-12)21-16(22)10-23-17-13-4-2-1-3-11(13)7-8-20-17/h1-6,9H,7-8,10H2,(H,21,22). The Morgan fingerprint density at radius 2 is 2.04 bits per heavy atom. The lowest BCUT2D eigenvalue weighted by Crippen LogP contribution is -2.18. The predicted octanol–water partition coefficient (Wildman–Crippen LogP) is 3.64. The van der Waals surface area contributed by atoms with Crippen LogP contribution in [0.4, 0.5) is 14.5 Å². The number of carbonyl (C=O) groups is 1. The van der Waals surface area contributed by atoms with Crippen LogP contribution in [0.1, 0.15) is 11.1 Å². The van der Waals surface area contributed by atoms with Crippen LogP contribution in [-0.2, 0) is 11.2 Å². The number of aliphatic imine (C=N–C) groups is 1. The number of nitrogens with zero attached hydrogens (tertiary/aromatic N) is 1. The maximum absolute atomic E-state index is 13.5. The van der Waals surface area contributed by atoms with Crippen molar-refractivity contribution in [3.05, 3.63) is 65.2 Å². The van der Waals surface area contributed by atoms with Crippen molar-refractivity contribution in [2.75, 3.05) is 17.6 Å². The van der Waals surface area contributed by atoms with Gasteiger partial charge in [-0.15, -0.1) is 0 Å². The zero-order valence-corrected chi connectivity index (χ0v) is 13.0. The highest BCUT2D eigenvalue weighted by molar-refractivity contribution is 8.15. The van der Waals surface area contributed by atoms with Crippen molar-refractivity contribution in [2.24, 2.45) is 4.99 Å². The van der Waals surface area contributed by atoms with E-state index in [1.54, 1.807) is 0 Å². The summed E-state index contributed by atoms with van der Waals surface area (Å²) in [5, 5.41) is 3.27. The molecule has 1 amide bonds. The highest BCUT2D eigenvalue weighted by atomic mass is 32.2. The topological polar surface area (TPSA) is 41.5 Å². The van der Waals surface area contributed by atoms with Crippen LogP contribution >= 0.6 is 11.8 Å². The Labute approximate surface area is 136 Å². The number of thioether (sulfide) groups is 1. The van der Waals surface area contributed by atoms with Gasteiger partial charge in [0.1, 0.15) is 11.6 Å². The van der Waals surface area contributed by atoms with Crippen molar-refractivity contribution in [1.82, 2.24) is 0 Å². The lowest BCUT2D eigenvalue weighted by Gasteiger charge is -2.16. The van der Waals surface area contributed by atoms with Crippen molar-refractivity contribution in [2.45, 2.75) is 6.42 Å². The molecular formula is C17H14F2N2OS. The number of rotatable bonds is 3. The first-order chi connectivity index (χ1) is 11.1. The summed E-state index contributed by atoms with van der Waals surface area (Å²) in [6.45, 7) is 0.702. The average Bonchev–Trinajstić information content (AvgIpc) is 2.55. The molecule has 0 saturated heterocycles. The van der Waals surface area contributed by atoms with Gasteiger partial charge in [-0.1, -0.05) is 36.0 Å². The number of anilines is 1. The molecule has 3 nitrogen and oxygen atoms in total. The third-order valence-electron chi connectivity index (χ3n) is 3.43. The number of fused-ring (bicyclic) bond motifs is 1. The molecule has 3 rings (SSSR count). The molecule has 0 radical (unpaired) electrons. The fraction of sp³-hybridized carbons (Fsp3) is 0.176. The molecule has 0 bridgehead atoms. The molecule has 0 aliphatic carbocycles. The Hall–Kier alpha value is -2.21. The van der Waals surface area contributed by atoms with Crippen LogP contribution in [0.5, 0.6) is 0 Å². The summed E-state index contributed by atoms with van der Waals surface area (Å²) < 4.78 is 26.4. The summed E-state index contributed by atoms with van der Waals surface area (Å²) in [6, 6.07) is 11.0. The van der Waals surface area contributed by atoms with E-state index >= 15 is 0 Å². The molecule has 1 aliphatic rings. The van der Waals surface area contributed by atoms with Gasteiger partial charge in [0, 0.05) is 18.2 Å². The van der Waals surface area contributed by atoms with E-state index in [-0.39, 0.29) is 17.3 Å². The van der Waals surface area contributed by atoms with Crippen LogP contribution in [0.15, 0.2) is 47.5 Å². The Bertz CT molecular complexity index is 777. The number of nitrogens with one attached hydrogen (secondary N) is 1. The smallest absolute Gasteiger partial charge is 0.234 e. The first-order valence-corrected chi connectivity index (χ1v) is 8.12. The molecular weight excluding hydrogens is 318 g/mol. The van der Waals surface area contributed by atoms with Crippen molar-refractivity contribution < 1.29 is 13.6 Å². The van der Waals surface area contributed by atoms with Crippen LogP contribution < -0.4 is 5.32 Å². The molecule has 6 heteroatoms. The third-order valence-corrected chi connectivity index (χ3v) is 4.46. The van der Waals surface area contributed by atoms with Crippen LogP contribution in [0.25, 0.3) is 0 Å². The zero-order valence-electron chi connectivity index (χ0n) is 12.2. The summed E-state index contributed by atoms with van der Waals surface area (Å²) in [7, 11) is 0. The lowest BCUT2D eigenvalue weighted by atomic mass is 10.0. The molecule has 2 aromatic rings. The van der Waals surface area contributed by atoms with Crippen molar-refractivity contribution in [1.29, 1.82) is 0 Å². The highest BCUT2D eigenvalue weighted by Crippen LogP contribution is 2.23. The number of benzene rings is 2. The Morgan fingerprint density at radius 1 is 1.22 bits per heavy atom. The molecule has 0 saturated carbocycles. The molecule has 2 aromatic carbocycles. The summed E-state index contributed by atoms with van der Waals surface area (Å²) in [6.07, 6.45) is 0.896. The van der Waals surface area contributed by atoms with Gasteiger partial charge in [-0.2, -0.15) is 0 Å². The van der Waals surface area contributed by atoms with E-state index in [4.69, 9.17) is 0 Å². The first-order valence-electron chi connectivity index (χ1n) is 7.14. The number of carbonyl (C=O) groups excluding carboxylic acids is 1. The van der Waals surface area contributed by atoms with Crippen LogP contribution in [0.3, 0.4) is 0 Å². The molecule has 118 valence electrons. The molecule has 1 aliphatic heterocycles. The van der Waals surface area contributed by atoms with Gasteiger partial charge in [-0.3, -0.25) is 9.79 Å². The number of hydrogen-bond donors (Lipinski definition) is 1. The quantitative estimate of drug-likeness (QED) is 0.932. The van der Waals surface area contributed by atoms with Crippen molar-refractivity contribution in [3.8, 4) is 0 Å². The van der Waals surface area contributed by atoms with E-state index in [0.717, 1.165) is 29.2 Å². The van der Waals surface area contributed by atoms with Gasteiger partial charge in [0.15, 0.2) is 0 Å². The minimum Gasteiger partial charge on any atom is -0.323 e. The van der Waals surface area contributed by atoms with Gasteiger partial charge in [0.2, 0.25) is 5.91 Å². The lowest BCUT2D eigenvalue weighted by molar-refractivity contribution is -0.113. The second-order valence-corrected chi connectivity index (χ2v) is 6.02. The van der Waals surface area contributed by atoms with Gasteiger partial charge in [0.05, 0.1) is 16.5 Å². The Morgan fingerprint density at radius 3 is 2.87 bits per heavy atom. The first kappa shape index (κ1) is 15.7. The van der Waals surface area contributed by atoms with Gasteiger partial charge < -0.3 is 5.32 Å². The van der Waals surface area contributed by atoms with E-state index in [0.29, 0.717) is 6.54 Å². The minimum atomic E-state index is -0.788. The monoisotopic (exact) mass is 332 g/mol. The summed E-state index contributed by atoms with van der Waals surface area (Å²) in [5.41, 5.74) is 2.24. The molecule has 0 spiro atoms. The fourth-order valence-electron chi connectivity index (χ4n) is 2.34. The van der Waals surface area contributed by atoms with Crippen LogP contribution in [-0.4, -0.2) is 23.2 Å². The largest absolute Gasteiger partial charge is 0.323 e. The van der Waals surface area contributed by atoms with E-state index in [9.17, 15) is 13.6 Å². The van der Waals surface area contributed by atoms with E-state index in [2.05, 4.69) is 16.4 Å². The van der Waals surface area contributed by atoms with Crippen LogP contribution in [0.2, 0.25) is 0 Å². The summed E-state index contributed by atoms with van der Waals surface area (Å²) >= 11 is 1.32. The van der Waals surface area contributed by atoms with Gasteiger partial charge in [-0.25, -0.2) is 8.78 Å². The Balaban J connectivity index is 1.62. The highest BCUT2D eigenvalue weighted by Gasteiger charge is 2.16. The average molecular weight is 332 g/mol. The predicted molar refractivity (Wildman–Crippen MR) is 89.0 cm³/mol. The van der Waals surface area contributed by atoms with E-state index < -0.39 is 11.6 Å². The second kappa shape index (κ2) is 6.91. The van der Waals surface area contributed by atoms with Crippen molar-refractivity contribution in [3.63, 3.8) is 0 Å². The molecule has 0 unspecified atom stereocenters. The SMILES string of the molecule is O=C(CSC1=NCCc2ccccc21)Nc1ccc(F)cc1F. The van der Waals surface area contributed by atoms with Gasteiger partial charge in [-0.05, 0) is 24.1 Å². The normalized spacial score (nSPS) is 13.2.